The minimum absolute atomic E-state index is 0.0644. The van der Waals surface area contributed by atoms with E-state index in [4.69, 9.17) is 40.2 Å². The molecule has 0 fully saturated rings. The molecule has 0 bridgehead atoms. The molecule has 4 rings (SSSR count). The number of nitrogens with one attached hydrogen (secondary N) is 3. The number of thiocarbonyl (C=S) groups is 1. The van der Waals surface area contributed by atoms with Crippen molar-refractivity contribution in [2.24, 2.45) is 0 Å². The normalized spacial score (nSPS) is 13.3. The van der Waals surface area contributed by atoms with Gasteiger partial charge in [0.15, 0.2) is 5.11 Å². The molecule has 2 aromatic carbocycles. The number of benzene rings is 2. The second-order valence-corrected chi connectivity index (χ2v) is 12.3. The number of hydrogen-bond donors (Lipinski definition) is 3. The maximum Gasteiger partial charge on any atom is 0.341 e. The first-order valence-electron chi connectivity index (χ1n) is 11.7. The molecule has 1 heterocycles. The Morgan fingerprint density at radius 3 is 2.41 bits per heavy atom. The van der Waals surface area contributed by atoms with Gasteiger partial charge in [0.05, 0.1) is 32.8 Å². The van der Waals surface area contributed by atoms with Crippen LogP contribution in [0, 0.1) is 0 Å². The summed E-state index contributed by atoms with van der Waals surface area (Å²) < 4.78 is 33.3. The summed E-state index contributed by atoms with van der Waals surface area (Å²) in [7, 11) is -3.84. The van der Waals surface area contributed by atoms with Crippen LogP contribution in [0.25, 0.3) is 0 Å². The van der Waals surface area contributed by atoms with Gasteiger partial charge >= 0.3 is 5.97 Å². The summed E-state index contributed by atoms with van der Waals surface area (Å²) in [6.07, 6.45) is 5.04. The molecule has 1 aliphatic rings. The Bertz CT molecular complexity index is 1420. The second kappa shape index (κ2) is 12.0. The van der Waals surface area contributed by atoms with E-state index in [0.29, 0.717) is 33.6 Å². The van der Waals surface area contributed by atoms with Gasteiger partial charge in [-0.25, -0.2) is 13.2 Å². The molecule has 0 unspecified atom stereocenters. The van der Waals surface area contributed by atoms with Crippen LogP contribution in [-0.2, 0) is 27.6 Å². The maximum absolute atomic E-state index is 12.8. The summed E-state index contributed by atoms with van der Waals surface area (Å²) in [5, 5.41) is 7.72. The largest absolute Gasteiger partial charge is 0.462 e. The maximum atomic E-state index is 12.8. The molecular weight excluding hydrogens is 573 g/mol. The zero-order valence-corrected chi connectivity index (χ0v) is 23.9. The van der Waals surface area contributed by atoms with Crippen molar-refractivity contribution in [3.8, 4) is 0 Å². The van der Waals surface area contributed by atoms with Crippen molar-refractivity contribution in [3.05, 3.63) is 68.5 Å². The summed E-state index contributed by atoms with van der Waals surface area (Å²) >= 11 is 18.9. The fourth-order valence-corrected chi connectivity index (χ4v) is 6.92. The number of carbonyl (C=O) groups excluding carboxylic acids is 1. The molecular formula is C25H25Cl2N3O4S3. The average molecular weight is 599 g/mol. The van der Waals surface area contributed by atoms with E-state index < -0.39 is 10.0 Å². The molecule has 0 spiro atoms. The molecule has 0 saturated carbocycles. The van der Waals surface area contributed by atoms with Crippen LogP contribution in [0.3, 0.4) is 0 Å². The van der Waals surface area contributed by atoms with Gasteiger partial charge in [-0.05, 0) is 92.9 Å². The Balaban J connectivity index is 1.46. The number of anilines is 3. The van der Waals surface area contributed by atoms with Crippen LogP contribution in [0.4, 0.5) is 16.4 Å². The molecule has 1 aromatic heterocycles. The number of esters is 1. The van der Waals surface area contributed by atoms with E-state index in [2.05, 4.69) is 15.4 Å². The molecule has 0 radical (unpaired) electrons. The standard InChI is InChI=1S/C25H25Cl2N3O4S3/c1-2-34-24(31)22-18-6-4-3-5-7-21(18)36-23(22)29-25(35)28-15-8-11-17(12-9-15)37(32,33)30-16-10-13-19(26)20(27)14-16/h8-14,30H,2-7H2,1H3,(H2,28,29,35). The van der Waals surface area contributed by atoms with Gasteiger partial charge in [-0.15, -0.1) is 11.3 Å². The van der Waals surface area contributed by atoms with E-state index in [-0.39, 0.29) is 21.0 Å². The lowest BCUT2D eigenvalue weighted by Crippen LogP contribution is -2.20. The van der Waals surface area contributed by atoms with Gasteiger partial charge in [0.2, 0.25) is 0 Å². The Labute approximate surface area is 235 Å². The number of aryl methyl sites for hydroxylation is 1. The predicted octanol–water partition coefficient (Wildman–Crippen LogP) is 7.11. The zero-order valence-electron chi connectivity index (χ0n) is 19.9. The average Bonchev–Trinajstić information content (AvgIpc) is 3.01. The first-order chi connectivity index (χ1) is 17.7. The number of rotatable bonds is 7. The Kier molecular flexibility index (Phi) is 8.97. The van der Waals surface area contributed by atoms with Crippen LogP contribution in [-0.4, -0.2) is 26.1 Å². The molecule has 12 heteroatoms. The SMILES string of the molecule is CCOC(=O)c1c(NC(=S)Nc2ccc(S(=O)(=O)Nc3ccc(Cl)c(Cl)c3)cc2)sc2c1CCCCC2. The third-order valence-corrected chi connectivity index (χ3v) is 9.27. The second-order valence-electron chi connectivity index (χ2n) is 8.33. The summed E-state index contributed by atoms with van der Waals surface area (Å²) in [4.78, 5) is 14.0. The first kappa shape index (κ1) is 27.7. The van der Waals surface area contributed by atoms with Gasteiger partial charge < -0.3 is 15.4 Å². The number of ether oxygens (including phenoxy) is 1. The molecule has 7 nitrogen and oxygen atoms in total. The van der Waals surface area contributed by atoms with E-state index in [1.54, 1.807) is 19.1 Å². The van der Waals surface area contributed by atoms with Crippen molar-refractivity contribution in [1.82, 2.24) is 0 Å². The highest BCUT2D eigenvalue weighted by atomic mass is 35.5. The highest BCUT2D eigenvalue weighted by molar-refractivity contribution is 7.92. The fraction of sp³-hybridized carbons (Fsp3) is 0.280. The zero-order chi connectivity index (χ0) is 26.6. The molecule has 0 atom stereocenters. The van der Waals surface area contributed by atoms with Crippen molar-refractivity contribution in [3.63, 3.8) is 0 Å². The van der Waals surface area contributed by atoms with Crippen molar-refractivity contribution in [2.75, 3.05) is 22.0 Å². The molecule has 37 heavy (non-hydrogen) atoms. The first-order valence-corrected chi connectivity index (χ1v) is 15.1. The smallest absolute Gasteiger partial charge is 0.341 e. The van der Waals surface area contributed by atoms with Crippen LogP contribution >= 0.6 is 46.8 Å². The quantitative estimate of drug-likeness (QED) is 0.152. The molecule has 3 N–H and O–H groups in total. The van der Waals surface area contributed by atoms with Gasteiger partial charge in [-0.3, -0.25) is 4.72 Å². The Morgan fingerprint density at radius 1 is 1.00 bits per heavy atom. The monoisotopic (exact) mass is 597 g/mol. The van der Waals surface area contributed by atoms with Gasteiger partial charge in [0.1, 0.15) is 5.00 Å². The van der Waals surface area contributed by atoms with Crippen LogP contribution in [0.5, 0.6) is 0 Å². The van der Waals surface area contributed by atoms with Crippen LogP contribution in [0.1, 0.15) is 47.0 Å². The van der Waals surface area contributed by atoms with Gasteiger partial charge in [-0.2, -0.15) is 0 Å². The number of sulfonamides is 1. The lowest BCUT2D eigenvalue weighted by Gasteiger charge is -2.13. The van der Waals surface area contributed by atoms with Crippen LogP contribution < -0.4 is 15.4 Å². The number of carbonyl (C=O) groups is 1. The molecule has 0 saturated heterocycles. The third-order valence-electron chi connectivity index (χ3n) is 5.72. The van der Waals surface area contributed by atoms with Crippen LogP contribution in [0.15, 0.2) is 47.4 Å². The van der Waals surface area contributed by atoms with E-state index in [1.165, 1.54) is 46.5 Å². The number of halogens is 2. The minimum atomic E-state index is -3.84. The predicted molar refractivity (Wildman–Crippen MR) is 155 cm³/mol. The minimum Gasteiger partial charge on any atom is -0.462 e. The van der Waals surface area contributed by atoms with E-state index in [1.807, 2.05) is 0 Å². The van der Waals surface area contributed by atoms with Crippen molar-refractivity contribution < 1.29 is 17.9 Å². The molecule has 196 valence electrons. The number of thiophene rings is 1. The molecule has 0 amide bonds. The van der Waals surface area contributed by atoms with E-state index in [9.17, 15) is 13.2 Å². The number of fused-ring (bicyclic) bond motifs is 1. The summed E-state index contributed by atoms with van der Waals surface area (Å²) in [5.74, 6) is -0.351. The van der Waals surface area contributed by atoms with Gasteiger partial charge in [0.25, 0.3) is 10.0 Å². The highest BCUT2D eigenvalue weighted by Gasteiger charge is 2.26. The topological polar surface area (TPSA) is 96.5 Å². The van der Waals surface area contributed by atoms with Gasteiger partial charge in [0, 0.05) is 10.6 Å². The Morgan fingerprint density at radius 2 is 1.70 bits per heavy atom. The highest BCUT2D eigenvalue weighted by Crippen LogP contribution is 2.38. The van der Waals surface area contributed by atoms with Gasteiger partial charge in [-0.1, -0.05) is 29.6 Å². The number of hydrogen-bond acceptors (Lipinski definition) is 6. The summed E-state index contributed by atoms with van der Waals surface area (Å²) in [6, 6.07) is 10.6. The lowest BCUT2D eigenvalue weighted by atomic mass is 10.1. The van der Waals surface area contributed by atoms with Crippen molar-refractivity contribution >= 4 is 84.2 Å². The fourth-order valence-electron chi connectivity index (χ4n) is 4.01. The van der Waals surface area contributed by atoms with Crippen molar-refractivity contribution in [2.45, 2.75) is 43.9 Å². The van der Waals surface area contributed by atoms with Crippen molar-refractivity contribution in [1.29, 1.82) is 0 Å². The molecule has 1 aliphatic carbocycles. The third kappa shape index (κ3) is 6.74. The van der Waals surface area contributed by atoms with E-state index >= 15 is 0 Å². The van der Waals surface area contributed by atoms with E-state index in [0.717, 1.165) is 37.7 Å². The Hall–Kier alpha value is -2.37. The summed E-state index contributed by atoms with van der Waals surface area (Å²) in [6.45, 7) is 2.08. The molecule has 3 aromatic rings. The summed E-state index contributed by atoms with van der Waals surface area (Å²) in [5.41, 5.74) is 2.49. The lowest BCUT2D eigenvalue weighted by molar-refractivity contribution is 0.0527. The van der Waals surface area contributed by atoms with Crippen LogP contribution in [0.2, 0.25) is 10.0 Å². The molecule has 0 aliphatic heterocycles.